The number of amides is 1. The summed E-state index contributed by atoms with van der Waals surface area (Å²) in [6.45, 7) is 5.58. The fraction of sp³-hybridized carbons (Fsp3) is 0.900. The van der Waals surface area contributed by atoms with Gasteiger partial charge in [0.05, 0.1) is 6.67 Å². The third-order valence-electron chi connectivity index (χ3n) is 1.55. The predicted molar refractivity (Wildman–Crippen MR) is 52.3 cm³/mol. The Balaban J connectivity index is 3.41. The molecule has 0 aromatic carbocycles. The predicted octanol–water partition coefficient (Wildman–Crippen LogP) is 2.43. The van der Waals surface area contributed by atoms with E-state index in [0.29, 0.717) is 12.8 Å². The van der Waals surface area contributed by atoms with Crippen LogP contribution in [0.1, 0.15) is 46.5 Å². The van der Waals surface area contributed by atoms with Crippen LogP contribution >= 0.6 is 0 Å². The van der Waals surface area contributed by atoms with Crippen LogP contribution in [0.15, 0.2) is 0 Å². The number of carbonyl (C=O) groups excluding carboxylic acids is 1. The van der Waals surface area contributed by atoms with Gasteiger partial charge in [-0.15, -0.1) is 0 Å². The average molecular weight is 189 g/mol. The van der Waals surface area contributed by atoms with Gasteiger partial charge in [-0.2, -0.15) is 0 Å². The maximum atomic E-state index is 11.7. The number of unbranched alkanes of at least 4 members (excludes halogenated alkanes) is 2. The topological polar surface area (TPSA) is 29.1 Å². The Morgan fingerprint density at radius 2 is 1.85 bits per heavy atom. The van der Waals surface area contributed by atoms with Crippen LogP contribution in [0.4, 0.5) is 4.39 Å². The van der Waals surface area contributed by atoms with Gasteiger partial charge in [0.25, 0.3) is 0 Å². The van der Waals surface area contributed by atoms with E-state index in [1.54, 1.807) is 0 Å². The quantitative estimate of drug-likeness (QED) is 0.661. The van der Waals surface area contributed by atoms with Crippen LogP contribution in [0.3, 0.4) is 0 Å². The van der Waals surface area contributed by atoms with Gasteiger partial charge < -0.3 is 5.32 Å². The molecule has 0 rings (SSSR count). The molecular formula is C10H20FNO. The van der Waals surface area contributed by atoms with Gasteiger partial charge in [0.2, 0.25) is 5.91 Å². The monoisotopic (exact) mass is 189 g/mol. The highest BCUT2D eigenvalue weighted by molar-refractivity contribution is 5.76. The molecule has 0 unspecified atom stereocenters. The smallest absolute Gasteiger partial charge is 0.220 e. The van der Waals surface area contributed by atoms with Crippen molar-refractivity contribution < 1.29 is 9.18 Å². The zero-order valence-corrected chi connectivity index (χ0v) is 8.82. The molecule has 1 N–H and O–H groups in total. The lowest BCUT2D eigenvalue weighted by molar-refractivity contribution is -0.122. The van der Waals surface area contributed by atoms with E-state index in [4.69, 9.17) is 0 Å². The lowest BCUT2D eigenvalue weighted by Crippen LogP contribution is -2.40. The van der Waals surface area contributed by atoms with Gasteiger partial charge in [-0.1, -0.05) is 6.42 Å². The molecule has 0 aromatic heterocycles. The van der Waals surface area contributed by atoms with E-state index in [2.05, 4.69) is 5.32 Å². The number of halogens is 1. The van der Waals surface area contributed by atoms with Crippen molar-refractivity contribution in [2.24, 2.45) is 0 Å². The number of rotatable bonds is 5. The Hall–Kier alpha value is -0.600. The van der Waals surface area contributed by atoms with Gasteiger partial charge in [-0.25, -0.2) is 0 Å². The largest absolute Gasteiger partial charge is 0.352 e. The molecule has 0 bridgehead atoms. The summed E-state index contributed by atoms with van der Waals surface area (Å²) in [4.78, 5) is 11.2. The normalized spacial score (nSPS) is 11.4. The molecule has 0 heterocycles. The Bertz CT molecular complexity index is 151. The molecule has 0 aromatic rings. The average Bonchev–Trinajstić information content (AvgIpc) is 1.94. The van der Waals surface area contributed by atoms with E-state index in [1.165, 1.54) is 0 Å². The molecule has 0 aliphatic heterocycles. The van der Waals surface area contributed by atoms with E-state index < -0.39 is 0 Å². The van der Waals surface area contributed by atoms with E-state index >= 15 is 0 Å². The van der Waals surface area contributed by atoms with Crippen LogP contribution in [0, 0.1) is 0 Å². The summed E-state index contributed by atoms with van der Waals surface area (Å²) < 4.78 is 11.7. The number of nitrogens with one attached hydrogen (secondary N) is 1. The van der Waals surface area contributed by atoms with E-state index in [1.807, 2.05) is 20.8 Å². The van der Waals surface area contributed by atoms with Gasteiger partial charge in [0, 0.05) is 12.0 Å². The first-order chi connectivity index (χ1) is 5.95. The standard InChI is InChI=1S/C10H20FNO/c1-10(2,3)12-9(13)7-5-4-6-8-11/h4-8H2,1-3H3,(H,12,13). The molecule has 1 amide bonds. The van der Waals surface area contributed by atoms with Crippen LogP contribution in [-0.4, -0.2) is 18.1 Å². The highest BCUT2D eigenvalue weighted by atomic mass is 19.1. The molecule has 3 heteroatoms. The molecule has 0 atom stereocenters. The molecule has 0 aliphatic rings. The summed E-state index contributed by atoms with van der Waals surface area (Å²) in [6, 6.07) is 0. The van der Waals surface area contributed by atoms with Crippen LogP contribution in [0.5, 0.6) is 0 Å². The lowest BCUT2D eigenvalue weighted by atomic mass is 10.1. The van der Waals surface area contributed by atoms with Crippen LogP contribution in [0.25, 0.3) is 0 Å². The van der Waals surface area contributed by atoms with Crippen molar-refractivity contribution >= 4 is 5.91 Å². The summed E-state index contributed by atoms with van der Waals surface area (Å²) >= 11 is 0. The minimum Gasteiger partial charge on any atom is -0.352 e. The van der Waals surface area contributed by atoms with Gasteiger partial charge in [-0.05, 0) is 33.6 Å². The Morgan fingerprint density at radius 3 is 2.31 bits per heavy atom. The third-order valence-corrected chi connectivity index (χ3v) is 1.55. The fourth-order valence-electron chi connectivity index (χ4n) is 1.04. The van der Waals surface area contributed by atoms with Crippen molar-refractivity contribution in [3.63, 3.8) is 0 Å². The number of alkyl halides is 1. The van der Waals surface area contributed by atoms with Crippen LogP contribution < -0.4 is 5.32 Å². The van der Waals surface area contributed by atoms with Gasteiger partial charge in [0.1, 0.15) is 0 Å². The SMILES string of the molecule is CC(C)(C)NC(=O)CCCCCF. The van der Waals surface area contributed by atoms with Crippen molar-refractivity contribution in [3.05, 3.63) is 0 Å². The Labute approximate surface area is 79.9 Å². The first-order valence-electron chi connectivity index (χ1n) is 4.82. The highest BCUT2D eigenvalue weighted by Crippen LogP contribution is 2.03. The second kappa shape index (κ2) is 5.95. The Kier molecular flexibility index (Phi) is 5.67. The zero-order valence-electron chi connectivity index (χ0n) is 8.82. The molecule has 78 valence electrons. The van der Waals surface area contributed by atoms with E-state index in [0.717, 1.165) is 12.8 Å². The third kappa shape index (κ3) is 9.31. The van der Waals surface area contributed by atoms with Crippen molar-refractivity contribution in [1.29, 1.82) is 0 Å². The summed E-state index contributed by atoms with van der Waals surface area (Å²) in [5, 5.41) is 2.86. The molecular weight excluding hydrogens is 169 g/mol. The Morgan fingerprint density at radius 1 is 1.23 bits per heavy atom. The number of hydrogen-bond acceptors (Lipinski definition) is 1. The van der Waals surface area contributed by atoms with Crippen molar-refractivity contribution in [2.45, 2.75) is 52.0 Å². The molecule has 0 radical (unpaired) electrons. The molecule has 0 saturated carbocycles. The minimum absolute atomic E-state index is 0.0614. The molecule has 2 nitrogen and oxygen atoms in total. The van der Waals surface area contributed by atoms with Gasteiger partial charge >= 0.3 is 0 Å². The molecule has 0 saturated heterocycles. The first-order valence-corrected chi connectivity index (χ1v) is 4.82. The van der Waals surface area contributed by atoms with Gasteiger partial charge in [0.15, 0.2) is 0 Å². The zero-order chi connectivity index (χ0) is 10.3. The molecule has 13 heavy (non-hydrogen) atoms. The fourth-order valence-corrected chi connectivity index (χ4v) is 1.04. The minimum atomic E-state index is -0.277. The highest BCUT2D eigenvalue weighted by Gasteiger charge is 2.12. The van der Waals surface area contributed by atoms with Crippen LogP contribution in [-0.2, 0) is 4.79 Å². The number of hydrogen-bond donors (Lipinski definition) is 1. The summed E-state index contributed by atoms with van der Waals surface area (Å²) in [5.41, 5.74) is -0.156. The summed E-state index contributed by atoms with van der Waals surface area (Å²) in [7, 11) is 0. The van der Waals surface area contributed by atoms with Crippen molar-refractivity contribution in [2.75, 3.05) is 6.67 Å². The maximum Gasteiger partial charge on any atom is 0.220 e. The first kappa shape index (κ1) is 12.4. The van der Waals surface area contributed by atoms with Crippen LogP contribution in [0.2, 0.25) is 0 Å². The van der Waals surface area contributed by atoms with E-state index in [9.17, 15) is 9.18 Å². The number of carbonyl (C=O) groups is 1. The molecule has 0 aliphatic carbocycles. The summed E-state index contributed by atoms with van der Waals surface area (Å²) in [6.07, 6.45) is 2.67. The maximum absolute atomic E-state index is 11.7. The molecule has 0 spiro atoms. The second-order valence-electron chi connectivity index (χ2n) is 4.30. The van der Waals surface area contributed by atoms with Crippen molar-refractivity contribution in [1.82, 2.24) is 5.32 Å². The lowest BCUT2D eigenvalue weighted by Gasteiger charge is -2.20. The van der Waals surface area contributed by atoms with E-state index in [-0.39, 0.29) is 18.1 Å². The molecule has 0 fully saturated rings. The van der Waals surface area contributed by atoms with Gasteiger partial charge in [-0.3, -0.25) is 9.18 Å². The second-order valence-corrected chi connectivity index (χ2v) is 4.30. The summed E-state index contributed by atoms with van der Waals surface area (Å²) in [5.74, 6) is 0.0614. The van der Waals surface area contributed by atoms with Crippen molar-refractivity contribution in [3.8, 4) is 0 Å².